The SMILES string of the molecule is Fc1cnc(NC2CC3CCC(C2)N3)nc1. The first kappa shape index (κ1) is 9.96. The van der Waals surface area contributed by atoms with Crippen molar-refractivity contribution in [2.24, 2.45) is 0 Å². The molecule has 2 N–H and O–H groups in total. The Kier molecular flexibility index (Phi) is 2.47. The van der Waals surface area contributed by atoms with Crippen LogP contribution in [0.5, 0.6) is 0 Å². The van der Waals surface area contributed by atoms with Gasteiger partial charge in [-0.1, -0.05) is 0 Å². The third-order valence-electron chi connectivity index (χ3n) is 3.43. The Balaban J connectivity index is 1.64. The normalized spacial score (nSPS) is 32.7. The smallest absolute Gasteiger partial charge is 0.222 e. The van der Waals surface area contributed by atoms with Crippen LogP contribution in [-0.2, 0) is 0 Å². The molecule has 0 amide bonds. The highest BCUT2D eigenvalue weighted by Crippen LogP contribution is 2.27. The maximum Gasteiger partial charge on any atom is 0.222 e. The Hall–Kier alpha value is -1.23. The second kappa shape index (κ2) is 3.97. The van der Waals surface area contributed by atoms with Gasteiger partial charge < -0.3 is 10.6 Å². The Bertz CT molecular complexity index is 355. The molecule has 2 unspecified atom stereocenters. The largest absolute Gasteiger partial charge is 0.351 e. The summed E-state index contributed by atoms with van der Waals surface area (Å²) in [4.78, 5) is 7.85. The number of rotatable bonds is 2. The third kappa shape index (κ3) is 2.00. The molecule has 5 heteroatoms. The van der Waals surface area contributed by atoms with E-state index in [-0.39, 0.29) is 0 Å². The van der Waals surface area contributed by atoms with Crippen molar-refractivity contribution in [3.05, 3.63) is 18.2 Å². The fraction of sp³-hybridized carbons (Fsp3) is 0.636. The molecule has 1 aromatic rings. The lowest BCUT2D eigenvalue weighted by atomic mass is 10.0. The fourth-order valence-corrected chi connectivity index (χ4v) is 2.74. The van der Waals surface area contributed by atoms with Crippen molar-refractivity contribution in [3.63, 3.8) is 0 Å². The van der Waals surface area contributed by atoms with E-state index < -0.39 is 5.82 Å². The van der Waals surface area contributed by atoms with Crippen LogP contribution < -0.4 is 10.6 Å². The van der Waals surface area contributed by atoms with E-state index in [0.717, 1.165) is 12.8 Å². The minimum atomic E-state index is -0.393. The molecule has 2 bridgehead atoms. The van der Waals surface area contributed by atoms with Crippen molar-refractivity contribution in [2.75, 3.05) is 5.32 Å². The first-order chi connectivity index (χ1) is 7.79. The molecule has 2 aliphatic heterocycles. The van der Waals surface area contributed by atoms with Crippen molar-refractivity contribution < 1.29 is 4.39 Å². The summed E-state index contributed by atoms with van der Waals surface area (Å²) in [5.74, 6) is 0.142. The second-order valence-electron chi connectivity index (χ2n) is 4.68. The molecule has 1 aromatic heterocycles. The van der Waals surface area contributed by atoms with Gasteiger partial charge in [-0.2, -0.15) is 0 Å². The fourth-order valence-electron chi connectivity index (χ4n) is 2.74. The van der Waals surface area contributed by atoms with Crippen LogP contribution in [-0.4, -0.2) is 28.1 Å². The minimum Gasteiger partial charge on any atom is -0.351 e. The highest BCUT2D eigenvalue weighted by atomic mass is 19.1. The van der Waals surface area contributed by atoms with Crippen molar-refractivity contribution in [1.29, 1.82) is 0 Å². The molecule has 2 saturated heterocycles. The van der Waals surface area contributed by atoms with E-state index in [0.29, 0.717) is 24.1 Å². The first-order valence-corrected chi connectivity index (χ1v) is 5.80. The number of aromatic nitrogens is 2. The van der Waals surface area contributed by atoms with Crippen LogP contribution in [0.3, 0.4) is 0 Å². The molecular weight excluding hydrogens is 207 g/mol. The summed E-state index contributed by atoms with van der Waals surface area (Å²) < 4.78 is 12.6. The average Bonchev–Trinajstić information content (AvgIpc) is 2.62. The molecule has 0 saturated carbocycles. The summed E-state index contributed by atoms with van der Waals surface area (Å²) in [6.45, 7) is 0. The number of nitrogens with zero attached hydrogens (tertiary/aromatic N) is 2. The number of anilines is 1. The topological polar surface area (TPSA) is 49.8 Å². The highest BCUT2D eigenvalue weighted by Gasteiger charge is 2.33. The zero-order valence-electron chi connectivity index (χ0n) is 8.99. The Morgan fingerprint density at radius 2 is 1.81 bits per heavy atom. The molecule has 0 aliphatic carbocycles. The van der Waals surface area contributed by atoms with Crippen LogP contribution in [0.2, 0.25) is 0 Å². The first-order valence-electron chi connectivity index (χ1n) is 5.80. The van der Waals surface area contributed by atoms with Crippen molar-refractivity contribution >= 4 is 5.95 Å². The van der Waals surface area contributed by atoms with E-state index in [1.807, 2.05) is 0 Å². The lowest BCUT2D eigenvalue weighted by Crippen LogP contribution is -2.43. The average molecular weight is 222 g/mol. The lowest BCUT2D eigenvalue weighted by Gasteiger charge is -2.29. The van der Waals surface area contributed by atoms with Gasteiger partial charge in [0.05, 0.1) is 12.4 Å². The summed E-state index contributed by atoms with van der Waals surface area (Å²) in [6, 6.07) is 1.69. The molecule has 16 heavy (non-hydrogen) atoms. The van der Waals surface area contributed by atoms with E-state index in [1.54, 1.807) is 0 Å². The number of hydrogen-bond donors (Lipinski definition) is 2. The predicted molar refractivity (Wildman–Crippen MR) is 58.6 cm³/mol. The van der Waals surface area contributed by atoms with Crippen LogP contribution in [0.4, 0.5) is 10.3 Å². The molecule has 4 nitrogen and oxygen atoms in total. The van der Waals surface area contributed by atoms with Crippen LogP contribution in [0.25, 0.3) is 0 Å². The third-order valence-corrected chi connectivity index (χ3v) is 3.43. The van der Waals surface area contributed by atoms with Gasteiger partial charge in [-0.25, -0.2) is 14.4 Å². The van der Waals surface area contributed by atoms with Crippen molar-refractivity contribution in [1.82, 2.24) is 15.3 Å². The molecule has 2 aliphatic rings. The van der Waals surface area contributed by atoms with Gasteiger partial charge in [0.2, 0.25) is 5.95 Å². The van der Waals surface area contributed by atoms with Crippen LogP contribution in [0, 0.1) is 5.82 Å². The molecule has 86 valence electrons. The Morgan fingerprint density at radius 3 is 2.44 bits per heavy atom. The number of piperidine rings is 1. The summed E-state index contributed by atoms with van der Waals surface area (Å²) in [7, 11) is 0. The monoisotopic (exact) mass is 222 g/mol. The molecule has 2 atom stereocenters. The molecule has 2 fully saturated rings. The van der Waals surface area contributed by atoms with Gasteiger partial charge in [0.15, 0.2) is 5.82 Å². The van der Waals surface area contributed by atoms with Gasteiger partial charge in [0.25, 0.3) is 0 Å². The van der Waals surface area contributed by atoms with Gasteiger partial charge in [0, 0.05) is 18.1 Å². The number of fused-ring (bicyclic) bond motifs is 2. The summed E-state index contributed by atoms with van der Waals surface area (Å²) >= 11 is 0. The molecule has 3 heterocycles. The number of halogens is 1. The van der Waals surface area contributed by atoms with E-state index >= 15 is 0 Å². The zero-order valence-corrected chi connectivity index (χ0v) is 8.99. The van der Waals surface area contributed by atoms with E-state index in [4.69, 9.17) is 0 Å². The molecular formula is C11H15FN4. The van der Waals surface area contributed by atoms with Gasteiger partial charge in [0.1, 0.15) is 0 Å². The molecule has 0 aromatic carbocycles. The van der Waals surface area contributed by atoms with E-state index in [1.165, 1.54) is 25.2 Å². The summed E-state index contributed by atoms with van der Waals surface area (Å²) in [5, 5.41) is 6.85. The zero-order chi connectivity index (χ0) is 11.0. The predicted octanol–water partition coefficient (Wildman–Crippen LogP) is 1.31. The standard InChI is InChI=1S/C11H15FN4/c12-7-5-13-11(14-6-7)16-10-3-8-1-2-9(4-10)15-8/h5-6,8-10,15H,1-4H2,(H,13,14,16). The van der Waals surface area contributed by atoms with Crippen LogP contribution in [0.1, 0.15) is 25.7 Å². The van der Waals surface area contributed by atoms with E-state index in [2.05, 4.69) is 20.6 Å². The van der Waals surface area contributed by atoms with Gasteiger partial charge in [-0.15, -0.1) is 0 Å². The van der Waals surface area contributed by atoms with Crippen molar-refractivity contribution in [2.45, 2.75) is 43.8 Å². The number of nitrogens with one attached hydrogen (secondary N) is 2. The van der Waals surface area contributed by atoms with Crippen LogP contribution >= 0.6 is 0 Å². The lowest BCUT2D eigenvalue weighted by molar-refractivity contribution is 0.377. The quantitative estimate of drug-likeness (QED) is 0.792. The van der Waals surface area contributed by atoms with Gasteiger partial charge >= 0.3 is 0 Å². The Labute approximate surface area is 93.7 Å². The minimum absolute atomic E-state index is 0.393. The van der Waals surface area contributed by atoms with Gasteiger partial charge in [-0.05, 0) is 25.7 Å². The van der Waals surface area contributed by atoms with Gasteiger partial charge in [-0.3, -0.25) is 0 Å². The maximum absolute atomic E-state index is 12.6. The summed E-state index contributed by atoms with van der Waals surface area (Å²) in [5.41, 5.74) is 0. The highest BCUT2D eigenvalue weighted by molar-refractivity contribution is 5.25. The van der Waals surface area contributed by atoms with Crippen LogP contribution in [0.15, 0.2) is 12.4 Å². The summed E-state index contributed by atoms with van der Waals surface area (Å²) in [6.07, 6.45) is 7.16. The maximum atomic E-state index is 12.6. The number of hydrogen-bond acceptors (Lipinski definition) is 4. The molecule has 3 rings (SSSR count). The second-order valence-corrected chi connectivity index (χ2v) is 4.68. The Morgan fingerprint density at radius 1 is 1.19 bits per heavy atom. The van der Waals surface area contributed by atoms with E-state index in [9.17, 15) is 4.39 Å². The molecule has 0 radical (unpaired) electrons. The molecule has 0 spiro atoms. The van der Waals surface area contributed by atoms with Crippen molar-refractivity contribution in [3.8, 4) is 0 Å².